The number of nitrogens with one attached hydrogen (secondary N) is 1. The summed E-state index contributed by atoms with van der Waals surface area (Å²) in [6, 6.07) is 4.53. The van der Waals surface area contributed by atoms with Gasteiger partial charge < -0.3 is 0 Å². The largest absolute Gasteiger partial charge is 0.271 e. The smallest absolute Gasteiger partial charge is 0.0701 e. The van der Waals surface area contributed by atoms with Crippen molar-refractivity contribution in [1.29, 1.82) is 0 Å². The molecule has 16 heavy (non-hydrogen) atoms. The van der Waals surface area contributed by atoms with Crippen molar-refractivity contribution in [3.05, 3.63) is 43.2 Å². The zero-order valence-electron chi connectivity index (χ0n) is 8.65. The lowest BCUT2D eigenvalue weighted by Gasteiger charge is -2.13. The van der Waals surface area contributed by atoms with Gasteiger partial charge in [-0.3, -0.25) is 11.3 Å². The van der Waals surface area contributed by atoms with E-state index in [-0.39, 0.29) is 6.04 Å². The lowest BCUT2D eigenvalue weighted by molar-refractivity contribution is 0.518. The molecule has 1 atom stereocenters. The monoisotopic (exact) mass is 316 g/mol. The van der Waals surface area contributed by atoms with E-state index in [1.165, 1.54) is 11.1 Å². The number of hydrogen-bond donors (Lipinski definition) is 2. The van der Waals surface area contributed by atoms with Crippen LogP contribution in [0.25, 0.3) is 0 Å². The molecule has 2 aromatic rings. The minimum Gasteiger partial charge on any atom is -0.271 e. The van der Waals surface area contributed by atoms with Crippen LogP contribution >= 0.6 is 38.6 Å². The molecule has 0 aliphatic heterocycles. The Kier molecular flexibility index (Phi) is 4.55. The molecule has 2 nitrogen and oxygen atoms in total. The number of hydrazine groups is 1. The van der Waals surface area contributed by atoms with E-state index < -0.39 is 0 Å². The number of hydrogen-bond acceptors (Lipinski definition) is 4. The molecule has 0 radical (unpaired) electrons. The van der Waals surface area contributed by atoms with Crippen molar-refractivity contribution in [2.45, 2.75) is 18.9 Å². The number of nitrogens with two attached hydrogens (primary N) is 1. The van der Waals surface area contributed by atoms with Gasteiger partial charge in [-0.25, -0.2) is 0 Å². The van der Waals surface area contributed by atoms with Crippen LogP contribution in [0.3, 0.4) is 0 Å². The molecule has 0 amide bonds. The molecule has 86 valence electrons. The van der Waals surface area contributed by atoms with E-state index in [0.717, 1.165) is 16.6 Å². The van der Waals surface area contributed by atoms with Crippen LogP contribution in [0.1, 0.15) is 23.6 Å². The fraction of sp³-hybridized carbons (Fsp3) is 0.273. The summed E-state index contributed by atoms with van der Waals surface area (Å²) in [5, 5.41) is 6.45. The Morgan fingerprint density at radius 3 is 2.88 bits per heavy atom. The van der Waals surface area contributed by atoms with Gasteiger partial charge in [-0.05, 0) is 68.2 Å². The average Bonchev–Trinajstić information content (AvgIpc) is 2.91. The topological polar surface area (TPSA) is 38.0 Å². The molecule has 0 aliphatic carbocycles. The van der Waals surface area contributed by atoms with Crippen molar-refractivity contribution in [1.82, 2.24) is 5.43 Å². The number of rotatable bonds is 5. The highest BCUT2D eigenvalue weighted by atomic mass is 79.9. The maximum absolute atomic E-state index is 5.60. The summed E-state index contributed by atoms with van der Waals surface area (Å²) in [5.74, 6) is 5.60. The normalized spacial score (nSPS) is 12.9. The first kappa shape index (κ1) is 12.3. The van der Waals surface area contributed by atoms with Gasteiger partial charge in [0, 0.05) is 6.04 Å². The molecule has 1 unspecified atom stereocenters. The third-order valence-corrected chi connectivity index (χ3v) is 4.75. The Bertz CT molecular complexity index is 425. The molecule has 0 saturated heterocycles. The predicted molar refractivity (Wildman–Crippen MR) is 74.7 cm³/mol. The summed E-state index contributed by atoms with van der Waals surface area (Å²) in [6.07, 6.45) is 2.09. The quantitative estimate of drug-likeness (QED) is 0.652. The molecule has 0 bridgehead atoms. The van der Waals surface area contributed by atoms with Crippen molar-refractivity contribution in [3.8, 4) is 0 Å². The van der Waals surface area contributed by atoms with Crippen molar-refractivity contribution in [2.24, 2.45) is 5.84 Å². The second kappa shape index (κ2) is 5.93. The Balaban J connectivity index is 1.96. The van der Waals surface area contributed by atoms with Gasteiger partial charge in [0.05, 0.1) is 3.79 Å². The molecular weight excluding hydrogens is 304 g/mol. The highest BCUT2D eigenvalue weighted by molar-refractivity contribution is 9.11. The molecule has 3 N–H and O–H groups in total. The SMILES string of the molecule is NNC(CCc1ccsc1)c1csc(Br)c1. The summed E-state index contributed by atoms with van der Waals surface area (Å²) in [5.41, 5.74) is 5.53. The van der Waals surface area contributed by atoms with Gasteiger partial charge in [0.1, 0.15) is 0 Å². The van der Waals surface area contributed by atoms with E-state index in [2.05, 4.69) is 49.6 Å². The van der Waals surface area contributed by atoms with E-state index in [1.807, 2.05) is 0 Å². The van der Waals surface area contributed by atoms with Crippen LogP contribution in [-0.2, 0) is 6.42 Å². The van der Waals surface area contributed by atoms with Crippen LogP contribution in [0.4, 0.5) is 0 Å². The molecule has 2 rings (SSSR count). The van der Waals surface area contributed by atoms with E-state index in [0.29, 0.717) is 0 Å². The lowest BCUT2D eigenvalue weighted by Crippen LogP contribution is -2.28. The molecule has 2 aromatic heterocycles. The molecule has 0 fully saturated rings. The average molecular weight is 317 g/mol. The van der Waals surface area contributed by atoms with Crippen molar-refractivity contribution < 1.29 is 0 Å². The zero-order chi connectivity index (χ0) is 11.4. The van der Waals surface area contributed by atoms with Crippen LogP contribution in [0.15, 0.2) is 32.1 Å². The highest BCUT2D eigenvalue weighted by Gasteiger charge is 2.11. The maximum atomic E-state index is 5.60. The predicted octanol–water partition coefficient (Wildman–Crippen LogP) is 3.71. The fourth-order valence-electron chi connectivity index (χ4n) is 1.60. The standard InChI is InChI=1S/C11H13BrN2S2/c12-11-5-9(7-16-11)10(14-13)2-1-8-3-4-15-6-8/h3-7,10,14H,1-2,13H2. The van der Waals surface area contributed by atoms with Crippen LogP contribution in [0, 0.1) is 0 Å². The Hall–Kier alpha value is -0.200. The minimum atomic E-state index is 0.238. The van der Waals surface area contributed by atoms with Crippen molar-refractivity contribution in [2.75, 3.05) is 0 Å². The summed E-state index contributed by atoms with van der Waals surface area (Å²) in [4.78, 5) is 0. The molecule has 0 saturated carbocycles. The second-order valence-corrected chi connectivity index (χ2v) is 6.64. The number of thiophene rings is 2. The number of halogens is 1. The van der Waals surface area contributed by atoms with Gasteiger partial charge in [0.2, 0.25) is 0 Å². The molecule has 0 spiro atoms. The first-order valence-corrected chi connectivity index (χ1v) is 7.62. The van der Waals surface area contributed by atoms with E-state index >= 15 is 0 Å². The summed E-state index contributed by atoms with van der Waals surface area (Å²) < 4.78 is 1.15. The van der Waals surface area contributed by atoms with Gasteiger partial charge in [0.15, 0.2) is 0 Å². The maximum Gasteiger partial charge on any atom is 0.0701 e. The van der Waals surface area contributed by atoms with Gasteiger partial charge in [0.25, 0.3) is 0 Å². The summed E-state index contributed by atoms with van der Waals surface area (Å²) >= 11 is 6.91. The molecule has 0 aromatic carbocycles. The Morgan fingerprint density at radius 1 is 1.44 bits per heavy atom. The van der Waals surface area contributed by atoms with Gasteiger partial charge in [-0.2, -0.15) is 11.3 Å². The van der Waals surface area contributed by atoms with Gasteiger partial charge >= 0.3 is 0 Å². The summed E-state index contributed by atoms with van der Waals surface area (Å²) in [7, 11) is 0. The van der Waals surface area contributed by atoms with Crippen LogP contribution in [-0.4, -0.2) is 0 Å². The minimum absolute atomic E-state index is 0.238. The zero-order valence-corrected chi connectivity index (χ0v) is 11.9. The van der Waals surface area contributed by atoms with E-state index in [1.54, 1.807) is 22.7 Å². The van der Waals surface area contributed by atoms with Crippen LogP contribution in [0.2, 0.25) is 0 Å². The Labute approximate surface area is 112 Å². The van der Waals surface area contributed by atoms with E-state index in [4.69, 9.17) is 5.84 Å². The fourth-order valence-corrected chi connectivity index (χ4v) is 3.53. The first-order chi connectivity index (χ1) is 7.79. The lowest BCUT2D eigenvalue weighted by atomic mass is 10.0. The van der Waals surface area contributed by atoms with Gasteiger partial charge in [-0.15, -0.1) is 11.3 Å². The molecule has 2 heterocycles. The van der Waals surface area contributed by atoms with Crippen LogP contribution in [0.5, 0.6) is 0 Å². The Morgan fingerprint density at radius 2 is 2.31 bits per heavy atom. The first-order valence-electron chi connectivity index (χ1n) is 5.00. The number of aryl methyl sites for hydroxylation is 1. The summed E-state index contributed by atoms with van der Waals surface area (Å²) in [6.45, 7) is 0. The molecule has 5 heteroatoms. The van der Waals surface area contributed by atoms with Crippen molar-refractivity contribution >= 4 is 38.6 Å². The third kappa shape index (κ3) is 3.15. The third-order valence-electron chi connectivity index (χ3n) is 2.49. The molecular formula is C11H13BrN2S2. The van der Waals surface area contributed by atoms with Crippen LogP contribution < -0.4 is 11.3 Å². The highest BCUT2D eigenvalue weighted by Crippen LogP contribution is 2.27. The van der Waals surface area contributed by atoms with E-state index in [9.17, 15) is 0 Å². The van der Waals surface area contributed by atoms with Crippen molar-refractivity contribution in [3.63, 3.8) is 0 Å². The van der Waals surface area contributed by atoms with Gasteiger partial charge in [-0.1, -0.05) is 0 Å². The molecule has 0 aliphatic rings. The second-order valence-electron chi connectivity index (χ2n) is 3.57.